The van der Waals surface area contributed by atoms with Crippen LogP contribution in [0, 0.1) is 0 Å². The van der Waals surface area contributed by atoms with E-state index in [4.69, 9.17) is 5.11 Å². The van der Waals surface area contributed by atoms with Gasteiger partial charge >= 0.3 is 5.97 Å². The summed E-state index contributed by atoms with van der Waals surface area (Å²) < 4.78 is 0. The van der Waals surface area contributed by atoms with Crippen molar-refractivity contribution in [2.24, 2.45) is 0 Å². The molecule has 18 heavy (non-hydrogen) atoms. The van der Waals surface area contributed by atoms with Gasteiger partial charge in [-0.05, 0) is 18.4 Å². The maximum absolute atomic E-state index is 11.8. The Bertz CT molecular complexity index is 610. The molecule has 5 nitrogen and oxygen atoms in total. The molecule has 1 aromatic carbocycles. The lowest BCUT2D eigenvalue weighted by Gasteiger charge is -2.08. The fraction of sp³-hybridized carbons (Fsp3) is 0.154. The molecular weight excluding hydrogens is 232 g/mol. The van der Waals surface area contributed by atoms with E-state index >= 15 is 0 Å². The van der Waals surface area contributed by atoms with E-state index in [0.717, 1.165) is 10.8 Å². The molecule has 2 aromatic rings. The lowest BCUT2D eigenvalue weighted by molar-refractivity contribution is -0.138. The third kappa shape index (κ3) is 2.45. The Morgan fingerprint density at radius 3 is 2.61 bits per heavy atom. The number of hydrogen-bond donors (Lipinski definition) is 2. The van der Waals surface area contributed by atoms with E-state index in [1.165, 1.54) is 6.92 Å². The Labute approximate surface area is 103 Å². The van der Waals surface area contributed by atoms with Crippen LogP contribution in [-0.4, -0.2) is 28.0 Å². The van der Waals surface area contributed by atoms with E-state index < -0.39 is 17.9 Å². The molecule has 0 radical (unpaired) electrons. The second-order valence-electron chi connectivity index (χ2n) is 3.95. The van der Waals surface area contributed by atoms with Crippen LogP contribution in [0.1, 0.15) is 17.4 Å². The minimum absolute atomic E-state index is 0.210. The predicted molar refractivity (Wildman–Crippen MR) is 66.3 cm³/mol. The minimum Gasteiger partial charge on any atom is -0.480 e. The highest BCUT2D eigenvalue weighted by atomic mass is 16.4. The molecule has 0 aliphatic heterocycles. The maximum atomic E-state index is 11.8. The van der Waals surface area contributed by atoms with Crippen LogP contribution in [0.25, 0.3) is 10.8 Å². The third-order valence-corrected chi connectivity index (χ3v) is 2.58. The predicted octanol–water partition coefficient (Wildman–Crippen LogP) is 1.44. The molecule has 0 fully saturated rings. The number of carboxylic acids is 1. The fourth-order valence-electron chi connectivity index (χ4n) is 1.54. The SMILES string of the molecule is CC(NC(=O)c1cc2ccccc2cn1)C(=O)O. The van der Waals surface area contributed by atoms with Crippen LogP contribution in [0.5, 0.6) is 0 Å². The molecule has 0 saturated carbocycles. The van der Waals surface area contributed by atoms with E-state index in [-0.39, 0.29) is 5.69 Å². The van der Waals surface area contributed by atoms with Gasteiger partial charge in [-0.15, -0.1) is 0 Å². The van der Waals surface area contributed by atoms with E-state index in [0.29, 0.717) is 0 Å². The quantitative estimate of drug-likeness (QED) is 0.856. The van der Waals surface area contributed by atoms with Crippen LogP contribution in [-0.2, 0) is 4.79 Å². The highest BCUT2D eigenvalue weighted by molar-refractivity contribution is 5.98. The lowest BCUT2D eigenvalue weighted by atomic mass is 10.1. The number of fused-ring (bicyclic) bond motifs is 1. The molecule has 92 valence electrons. The molecular formula is C13H12N2O3. The number of pyridine rings is 1. The van der Waals surface area contributed by atoms with E-state index in [9.17, 15) is 9.59 Å². The molecule has 1 unspecified atom stereocenters. The second-order valence-corrected chi connectivity index (χ2v) is 3.95. The molecule has 2 rings (SSSR count). The first kappa shape index (κ1) is 12.0. The Balaban J connectivity index is 2.25. The summed E-state index contributed by atoms with van der Waals surface area (Å²) in [6, 6.07) is 8.21. The van der Waals surface area contributed by atoms with E-state index in [1.54, 1.807) is 12.3 Å². The summed E-state index contributed by atoms with van der Waals surface area (Å²) in [5.41, 5.74) is 0.210. The summed E-state index contributed by atoms with van der Waals surface area (Å²) >= 11 is 0. The number of nitrogens with zero attached hydrogens (tertiary/aromatic N) is 1. The van der Waals surface area contributed by atoms with Gasteiger partial charge in [0.05, 0.1) is 0 Å². The first-order valence-electron chi connectivity index (χ1n) is 5.46. The first-order chi connectivity index (χ1) is 8.58. The summed E-state index contributed by atoms with van der Waals surface area (Å²) in [5, 5.41) is 12.9. The largest absolute Gasteiger partial charge is 0.480 e. The zero-order valence-electron chi connectivity index (χ0n) is 9.75. The molecule has 0 aliphatic rings. The number of aromatic nitrogens is 1. The van der Waals surface area contributed by atoms with Gasteiger partial charge in [-0.2, -0.15) is 0 Å². The normalized spacial score (nSPS) is 12.1. The number of rotatable bonds is 3. The van der Waals surface area contributed by atoms with Crippen molar-refractivity contribution in [2.45, 2.75) is 13.0 Å². The van der Waals surface area contributed by atoms with Gasteiger partial charge in [0.15, 0.2) is 0 Å². The summed E-state index contributed by atoms with van der Waals surface area (Å²) in [7, 11) is 0. The van der Waals surface area contributed by atoms with Crippen molar-refractivity contribution in [3.63, 3.8) is 0 Å². The van der Waals surface area contributed by atoms with Crippen LogP contribution in [0.4, 0.5) is 0 Å². The zero-order valence-corrected chi connectivity index (χ0v) is 9.75. The van der Waals surface area contributed by atoms with Gasteiger partial charge in [-0.25, -0.2) is 0 Å². The Morgan fingerprint density at radius 1 is 1.28 bits per heavy atom. The molecule has 0 saturated heterocycles. The average Bonchev–Trinajstić information content (AvgIpc) is 2.37. The highest BCUT2D eigenvalue weighted by Crippen LogP contribution is 2.13. The van der Waals surface area contributed by atoms with Crippen molar-refractivity contribution >= 4 is 22.6 Å². The Hall–Kier alpha value is -2.43. The molecule has 0 aliphatic carbocycles. The smallest absolute Gasteiger partial charge is 0.325 e. The second kappa shape index (κ2) is 4.83. The topological polar surface area (TPSA) is 79.3 Å². The van der Waals surface area contributed by atoms with Crippen LogP contribution < -0.4 is 5.32 Å². The molecule has 1 heterocycles. The van der Waals surface area contributed by atoms with Gasteiger partial charge < -0.3 is 10.4 Å². The van der Waals surface area contributed by atoms with E-state index in [1.807, 2.05) is 24.3 Å². The fourth-order valence-corrected chi connectivity index (χ4v) is 1.54. The molecule has 0 bridgehead atoms. The zero-order chi connectivity index (χ0) is 13.1. The number of carbonyl (C=O) groups excluding carboxylic acids is 1. The summed E-state index contributed by atoms with van der Waals surface area (Å²) in [4.78, 5) is 26.4. The van der Waals surface area contributed by atoms with Gasteiger partial charge in [-0.3, -0.25) is 14.6 Å². The third-order valence-electron chi connectivity index (χ3n) is 2.58. The molecule has 1 aromatic heterocycles. The van der Waals surface area contributed by atoms with Crippen LogP contribution in [0.15, 0.2) is 36.5 Å². The summed E-state index contributed by atoms with van der Waals surface area (Å²) in [6.07, 6.45) is 1.59. The van der Waals surface area contributed by atoms with Gasteiger partial charge in [0, 0.05) is 11.6 Å². The summed E-state index contributed by atoms with van der Waals surface area (Å²) in [5.74, 6) is -1.57. The lowest BCUT2D eigenvalue weighted by Crippen LogP contribution is -2.38. The minimum atomic E-state index is -1.08. The van der Waals surface area contributed by atoms with Crippen molar-refractivity contribution in [3.8, 4) is 0 Å². The van der Waals surface area contributed by atoms with Crippen molar-refractivity contribution in [3.05, 3.63) is 42.2 Å². The van der Waals surface area contributed by atoms with Crippen molar-refractivity contribution in [1.82, 2.24) is 10.3 Å². The van der Waals surface area contributed by atoms with Crippen molar-refractivity contribution in [2.75, 3.05) is 0 Å². The number of amides is 1. The molecule has 0 spiro atoms. The number of carboxylic acid groups (broad SMARTS) is 1. The first-order valence-corrected chi connectivity index (χ1v) is 5.46. The van der Waals surface area contributed by atoms with Crippen LogP contribution in [0.2, 0.25) is 0 Å². The van der Waals surface area contributed by atoms with Gasteiger partial charge in [0.25, 0.3) is 5.91 Å². The maximum Gasteiger partial charge on any atom is 0.325 e. The van der Waals surface area contributed by atoms with Gasteiger partial charge in [0.2, 0.25) is 0 Å². The van der Waals surface area contributed by atoms with Crippen LogP contribution in [0.3, 0.4) is 0 Å². The molecule has 1 atom stereocenters. The number of carbonyl (C=O) groups is 2. The monoisotopic (exact) mass is 244 g/mol. The number of aliphatic carboxylic acids is 1. The molecule has 1 amide bonds. The van der Waals surface area contributed by atoms with Gasteiger partial charge in [-0.1, -0.05) is 24.3 Å². The van der Waals surface area contributed by atoms with E-state index in [2.05, 4.69) is 10.3 Å². The molecule has 5 heteroatoms. The molecule has 2 N–H and O–H groups in total. The Morgan fingerprint density at radius 2 is 1.94 bits per heavy atom. The number of benzene rings is 1. The summed E-state index contributed by atoms with van der Waals surface area (Å²) in [6.45, 7) is 1.40. The van der Waals surface area contributed by atoms with Crippen molar-refractivity contribution < 1.29 is 14.7 Å². The standard InChI is InChI=1S/C13H12N2O3/c1-8(13(17)18)15-12(16)11-6-9-4-2-3-5-10(9)7-14-11/h2-8H,1H3,(H,15,16)(H,17,18). The number of hydrogen-bond acceptors (Lipinski definition) is 3. The highest BCUT2D eigenvalue weighted by Gasteiger charge is 2.16. The number of nitrogens with one attached hydrogen (secondary N) is 1. The average molecular weight is 244 g/mol. The van der Waals surface area contributed by atoms with Crippen LogP contribution >= 0.6 is 0 Å². The van der Waals surface area contributed by atoms with Gasteiger partial charge in [0.1, 0.15) is 11.7 Å². The Kier molecular flexibility index (Phi) is 3.23. The van der Waals surface area contributed by atoms with Crippen molar-refractivity contribution in [1.29, 1.82) is 0 Å².